The summed E-state index contributed by atoms with van der Waals surface area (Å²) in [4.78, 5) is 13.9. The van der Waals surface area contributed by atoms with Gasteiger partial charge in [0.15, 0.2) is 0 Å². The van der Waals surface area contributed by atoms with E-state index in [1.165, 1.54) is 7.11 Å². The Balaban J connectivity index is 1.83. The van der Waals surface area contributed by atoms with Crippen LogP contribution in [0.15, 0.2) is 16.5 Å². The highest BCUT2D eigenvalue weighted by atomic mass is 16.5. The minimum atomic E-state index is -0.484. The summed E-state index contributed by atoms with van der Waals surface area (Å²) in [5, 5.41) is 0. The second-order valence-corrected chi connectivity index (χ2v) is 5.26. The molecule has 1 aromatic rings. The van der Waals surface area contributed by atoms with Crippen LogP contribution in [-0.4, -0.2) is 51.3 Å². The minimum Gasteiger partial charge on any atom is -0.468 e. The van der Waals surface area contributed by atoms with Crippen LogP contribution in [0.4, 0.5) is 0 Å². The van der Waals surface area contributed by atoms with Gasteiger partial charge in [-0.25, -0.2) is 0 Å². The lowest BCUT2D eigenvalue weighted by atomic mass is 9.85. The van der Waals surface area contributed by atoms with E-state index in [9.17, 15) is 4.79 Å². The Hall–Kier alpha value is -1.33. The summed E-state index contributed by atoms with van der Waals surface area (Å²) in [6, 6.07) is 3.96. The molecule has 0 N–H and O–H groups in total. The summed E-state index contributed by atoms with van der Waals surface area (Å²) < 4.78 is 15.6. The number of hydrogen-bond acceptors (Lipinski definition) is 5. The smallest absolute Gasteiger partial charge is 0.317 e. The van der Waals surface area contributed by atoms with Gasteiger partial charge in [-0.1, -0.05) is 0 Å². The Bertz CT molecular complexity index is 436. The van der Waals surface area contributed by atoms with Crippen LogP contribution in [0.2, 0.25) is 0 Å². The molecule has 0 aliphatic carbocycles. The normalized spacial score (nSPS) is 17.3. The van der Waals surface area contributed by atoms with Gasteiger partial charge in [0.05, 0.1) is 20.3 Å². The third kappa shape index (κ3) is 3.16. The molecule has 5 nitrogen and oxygen atoms in total. The Labute approximate surface area is 113 Å². The number of methoxy groups -OCH3 is 1. The molecule has 0 atom stereocenters. The Morgan fingerprint density at radius 1 is 1.47 bits per heavy atom. The van der Waals surface area contributed by atoms with E-state index in [1.807, 2.05) is 26.1 Å². The van der Waals surface area contributed by atoms with E-state index in [0.717, 1.165) is 24.5 Å². The predicted molar refractivity (Wildman–Crippen MR) is 69.9 cm³/mol. The fourth-order valence-electron chi connectivity index (χ4n) is 2.35. The van der Waals surface area contributed by atoms with E-state index in [-0.39, 0.29) is 5.97 Å². The van der Waals surface area contributed by atoms with Gasteiger partial charge >= 0.3 is 5.97 Å². The van der Waals surface area contributed by atoms with Crippen molar-refractivity contribution in [2.24, 2.45) is 5.41 Å². The number of carbonyl (C=O) groups excluding carboxylic acids is 1. The van der Waals surface area contributed by atoms with Crippen molar-refractivity contribution in [3.05, 3.63) is 23.7 Å². The van der Waals surface area contributed by atoms with Gasteiger partial charge in [0.2, 0.25) is 0 Å². The molecule has 1 aliphatic heterocycles. The molecule has 106 valence electrons. The zero-order valence-corrected chi connectivity index (χ0v) is 11.8. The summed E-state index contributed by atoms with van der Waals surface area (Å²) in [6.45, 7) is 4.32. The highest BCUT2D eigenvalue weighted by molar-refractivity contribution is 5.78. The van der Waals surface area contributed by atoms with Crippen LogP contribution in [0.1, 0.15) is 11.5 Å². The molecule has 5 heteroatoms. The first-order valence-corrected chi connectivity index (χ1v) is 6.46. The zero-order valence-electron chi connectivity index (χ0n) is 11.8. The summed E-state index contributed by atoms with van der Waals surface area (Å²) in [5.74, 6) is 1.72. The number of nitrogens with zero attached hydrogens (tertiary/aromatic N) is 1. The van der Waals surface area contributed by atoms with Crippen LogP contribution in [0.25, 0.3) is 0 Å². The van der Waals surface area contributed by atoms with Crippen LogP contribution in [0.5, 0.6) is 0 Å². The first kappa shape index (κ1) is 14.1. The van der Waals surface area contributed by atoms with Crippen LogP contribution in [-0.2, 0) is 20.7 Å². The van der Waals surface area contributed by atoms with Crippen molar-refractivity contribution in [3.63, 3.8) is 0 Å². The molecule has 0 aromatic carbocycles. The summed E-state index contributed by atoms with van der Waals surface area (Å²) >= 11 is 0. The lowest BCUT2D eigenvalue weighted by Gasteiger charge is -2.40. The molecule has 0 spiro atoms. The first-order chi connectivity index (χ1) is 9.05. The average molecular weight is 267 g/mol. The van der Waals surface area contributed by atoms with Gasteiger partial charge in [-0.15, -0.1) is 0 Å². The fourth-order valence-corrected chi connectivity index (χ4v) is 2.35. The maximum absolute atomic E-state index is 11.8. The quantitative estimate of drug-likeness (QED) is 0.726. The number of esters is 1. The Morgan fingerprint density at radius 2 is 2.21 bits per heavy atom. The monoisotopic (exact) mass is 267 g/mol. The topological polar surface area (TPSA) is 51.9 Å². The van der Waals surface area contributed by atoms with E-state index >= 15 is 0 Å². The van der Waals surface area contributed by atoms with E-state index in [4.69, 9.17) is 13.9 Å². The summed E-state index contributed by atoms with van der Waals surface area (Å²) in [6.07, 6.45) is 0.836. The van der Waals surface area contributed by atoms with Gasteiger partial charge in [-0.2, -0.15) is 0 Å². The number of ether oxygens (including phenoxy) is 2. The second kappa shape index (κ2) is 5.75. The number of aryl methyl sites for hydroxylation is 1. The molecule has 2 rings (SSSR count). The fraction of sp³-hybridized carbons (Fsp3) is 0.643. The zero-order chi connectivity index (χ0) is 13.9. The highest BCUT2D eigenvalue weighted by Gasteiger charge is 2.47. The lowest BCUT2D eigenvalue weighted by Crippen LogP contribution is -2.56. The van der Waals surface area contributed by atoms with Gasteiger partial charge in [-0.3, -0.25) is 4.79 Å². The molecule has 0 unspecified atom stereocenters. The number of rotatable bonds is 6. The van der Waals surface area contributed by atoms with Crippen molar-refractivity contribution < 1.29 is 18.7 Å². The molecule has 1 fully saturated rings. The predicted octanol–water partition coefficient (Wildman–Crippen LogP) is 1.25. The number of likely N-dealkylation sites (N-methyl/N-ethyl adjacent to an activating group) is 1. The third-order valence-corrected chi connectivity index (χ3v) is 3.48. The molecule has 1 saturated heterocycles. The number of furan rings is 1. The van der Waals surface area contributed by atoms with Crippen molar-refractivity contribution in [2.45, 2.75) is 13.3 Å². The minimum absolute atomic E-state index is 0.181. The van der Waals surface area contributed by atoms with E-state index in [1.54, 1.807) is 0 Å². The Kier molecular flexibility index (Phi) is 4.27. The van der Waals surface area contributed by atoms with Crippen molar-refractivity contribution >= 4 is 5.97 Å². The number of carbonyl (C=O) groups is 1. The largest absolute Gasteiger partial charge is 0.468 e. The van der Waals surface area contributed by atoms with Gasteiger partial charge in [0.1, 0.15) is 16.9 Å². The van der Waals surface area contributed by atoms with Gasteiger partial charge in [0.25, 0.3) is 0 Å². The van der Waals surface area contributed by atoms with Crippen LogP contribution in [0, 0.1) is 12.3 Å². The summed E-state index contributed by atoms with van der Waals surface area (Å²) in [7, 11) is 3.42. The van der Waals surface area contributed by atoms with Crippen molar-refractivity contribution in [3.8, 4) is 0 Å². The van der Waals surface area contributed by atoms with Gasteiger partial charge < -0.3 is 18.8 Å². The maximum atomic E-state index is 11.8. The van der Waals surface area contributed by atoms with Crippen LogP contribution >= 0.6 is 0 Å². The van der Waals surface area contributed by atoms with Crippen molar-refractivity contribution in [1.82, 2.24) is 4.90 Å². The van der Waals surface area contributed by atoms with Crippen molar-refractivity contribution in [2.75, 3.05) is 40.5 Å². The van der Waals surface area contributed by atoms with Crippen LogP contribution < -0.4 is 0 Å². The molecule has 2 heterocycles. The molecule has 1 aliphatic rings. The van der Waals surface area contributed by atoms with E-state index in [0.29, 0.717) is 19.8 Å². The van der Waals surface area contributed by atoms with Crippen molar-refractivity contribution in [1.29, 1.82) is 0 Å². The average Bonchev–Trinajstić information content (AvgIpc) is 2.76. The first-order valence-electron chi connectivity index (χ1n) is 6.46. The molecule has 1 aromatic heterocycles. The molecular formula is C14H21NO4. The molecule has 0 saturated carbocycles. The molecule has 0 radical (unpaired) electrons. The molecule has 0 bridgehead atoms. The summed E-state index contributed by atoms with van der Waals surface area (Å²) in [5.41, 5.74) is -0.484. The standard InChI is InChI=1S/C14H21NO4/c1-11-4-5-12(19-11)6-7-15(2)8-14(9-18-10-14)13(16)17-3/h4-5H,6-10H2,1-3H3. The Morgan fingerprint density at radius 3 is 2.68 bits per heavy atom. The third-order valence-electron chi connectivity index (χ3n) is 3.48. The van der Waals surface area contributed by atoms with E-state index in [2.05, 4.69) is 4.90 Å². The molecular weight excluding hydrogens is 246 g/mol. The van der Waals surface area contributed by atoms with Crippen LogP contribution in [0.3, 0.4) is 0 Å². The maximum Gasteiger partial charge on any atom is 0.317 e. The van der Waals surface area contributed by atoms with Gasteiger partial charge in [-0.05, 0) is 26.1 Å². The van der Waals surface area contributed by atoms with E-state index < -0.39 is 5.41 Å². The number of hydrogen-bond donors (Lipinski definition) is 0. The molecule has 0 amide bonds. The SMILES string of the molecule is COC(=O)C1(CN(C)CCc2ccc(C)o2)COC1. The lowest BCUT2D eigenvalue weighted by molar-refractivity contribution is -0.186. The van der Waals surface area contributed by atoms with Gasteiger partial charge in [0, 0.05) is 19.5 Å². The molecule has 19 heavy (non-hydrogen) atoms. The second-order valence-electron chi connectivity index (χ2n) is 5.26. The highest BCUT2D eigenvalue weighted by Crippen LogP contribution is 2.29.